The van der Waals surface area contributed by atoms with Crippen molar-refractivity contribution in [1.29, 1.82) is 0 Å². The number of imidazole rings is 1. The Hall–Kier alpha value is -4.01. The number of hydrogen-bond donors (Lipinski definition) is 2. The average molecular weight is 385 g/mol. The van der Waals surface area contributed by atoms with Gasteiger partial charge < -0.3 is 9.88 Å². The van der Waals surface area contributed by atoms with Gasteiger partial charge in [0.2, 0.25) is 5.82 Å². The van der Waals surface area contributed by atoms with Crippen molar-refractivity contribution in [2.24, 2.45) is 0 Å². The molecule has 0 unspecified atom stereocenters. The molecule has 5 aromatic rings. The lowest BCUT2D eigenvalue weighted by Gasteiger charge is -2.12. The molecule has 0 atom stereocenters. The number of aromatic amines is 1. The molecule has 0 aliphatic carbocycles. The fourth-order valence-electron chi connectivity index (χ4n) is 3.31. The van der Waals surface area contributed by atoms with Crippen molar-refractivity contribution in [2.45, 2.75) is 19.9 Å². The van der Waals surface area contributed by atoms with Crippen LogP contribution in [0.15, 0.2) is 61.2 Å². The molecule has 0 saturated heterocycles. The molecule has 1 aromatic carbocycles. The number of anilines is 1. The van der Waals surface area contributed by atoms with Gasteiger partial charge >= 0.3 is 0 Å². The van der Waals surface area contributed by atoms with Crippen LogP contribution < -0.4 is 5.32 Å². The SMILES string of the molecule is CCc1cc(NCc2ccc(-n3cccc3-c3nn[nH]n3)cc2)n2cncc2n1. The van der Waals surface area contributed by atoms with Gasteiger partial charge in [-0.1, -0.05) is 19.1 Å². The number of nitrogens with zero attached hydrogens (tertiary/aromatic N) is 7. The summed E-state index contributed by atoms with van der Waals surface area (Å²) in [5.41, 5.74) is 4.98. The van der Waals surface area contributed by atoms with Gasteiger partial charge in [-0.05, 0) is 41.5 Å². The van der Waals surface area contributed by atoms with Crippen LogP contribution in [-0.4, -0.2) is 39.6 Å². The summed E-state index contributed by atoms with van der Waals surface area (Å²) in [7, 11) is 0. The predicted molar refractivity (Wildman–Crippen MR) is 109 cm³/mol. The van der Waals surface area contributed by atoms with E-state index in [1.54, 1.807) is 12.5 Å². The molecular formula is C20H19N9. The summed E-state index contributed by atoms with van der Waals surface area (Å²) in [4.78, 5) is 8.78. The topological polar surface area (TPSA) is 102 Å². The number of nitrogens with one attached hydrogen (secondary N) is 2. The third kappa shape index (κ3) is 3.22. The highest BCUT2D eigenvalue weighted by molar-refractivity contribution is 5.55. The molecule has 0 saturated carbocycles. The van der Waals surface area contributed by atoms with Crippen molar-refractivity contribution in [3.05, 3.63) is 72.4 Å². The highest BCUT2D eigenvalue weighted by atomic mass is 15.5. The smallest absolute Gasteiger partial charge is 0.221 e. The van der Waals surface area contributed by atoms with Crippen LogP contribution >= 0.6 is 0 Å². The summed E-state index contributed by atoms with van der Waals surface area (Å²) in [5.74, 6) is 1.55. The summed E-state index contributed by atoms with van der Waals surface area (Å²) in [6.07, 6.45) is 6.42. The number of tetrazole rings is 1. The first-order valence-electron chi connectivity index (χ1n) is 9.38. The van der Waals surface area contributed by atoms with Crippen molar-refractivity contribution in [3.63, 3.8) is 0 Å². The number of aryl methyl sites for hydroxylation is 1. The molecule has 2 N–H and O–H groups in total. The first-order valence-corrected chi connectivity index (χ1v) is 9.38. The quantitative estimate of drug-likeness (QED) is 0.466. The minimum atomic E-state index is 0.564. The van der Waals surface area contributed by atoms with E-state index in [0.29, 0.717) is 12.4 Å². The minimum absolute atomic E-state index is 0.564. The second kappa shape index (κ2) is 7.19. The van der Waals surface area contributed by atoms with E-state index < -0.39 is 0 Å². The lowest BCUT2D eigenvalue weighted by atomic mass is 10.2. The zero-order chi connectivity index (χ0) is 19.6. The molecule has 0 aliphatic rings. The molecule has 0 spiro atoms. The number of H-pyrrole nitrogens is 1. The molecule has 0 aliphatic heterocycles. The Labute approximate surface area is 166 Å². The minimum Gasteiger partial charge on any atom is -0.367 e. The lowest BCUT2D eigenvalue weighted by Crippen LogP contribution is -2.06. The van der Waals surface area contributed by atoms with Crippen molar-refractivity contribution in [3.8, 4) is 17.2 Å². The average Bonchev–Trinajstić information content (AvgIpc) is 3.52. The molecule has 144 valence electrons. The largest absolute Gasteiger partial charge is 0.367 e. The Morgan fingerprint density at radius 2 is 2.03 bits per heavy atom. The van der Waals surface area contributed by atoms with Crippen molar-refractivity contribution in [1.82, 2.24) is 39.6 Å². The zero-order valence-electron chi connectivity index (χ0n) is 15.8. The van der Waals surface area contributed by atoms with E-state index in [1.165, 1.54) is 5.56 Å². The van der Waals surface area contributed by atoms with Crippen molar-refractivity contribution < 1.29 is 0 Å². The Morgan fingerprint density at radius 1 is 1.14 bits per heavy atom. The van der Waals surface area contributed by atoms with Crippen LogP contribution in [0.2, 0.25) is 0 Å². The molecule has 4 aromatic heterocycles. The first kappa shape index (κ1) is 17.1. The third-order valence-corrected chi connectivity index (χ3v) is 4.81. The van der Waals surface area contributed by atoms with E-state index in [1.807, 2.05) is 27.3 Å². The Morgan fingerprint density at radius 3 is 2.83 bits per heavy atom. The maximum atomic E-state index is 4.58. The van der Waals surface area contributed by atoms with E-state index >= 15 is 0 Å². The monoisotopic (exact) mass is 385 g/mol. The summed E-state index contributed by atoms with van der Waals surface area (Å²) in [5, 5.41) is 17.8. The fourth-order valence-corrected chi connectivity index (χ4v) is 3.31. The highest BCUT2D eigenvalue weighted by Gasteiger charge is 2.10. The second-order valence-corrected chi connectivity index (χ2v) is 6.63. The van der Waals surface area contributed by atoms with E-state index in [2.05, 4.69) is 73.2 Å². The van der Waals surface area contributed by atoms with Crippen LogP contribution in [0.5, 0.6) is 0 Å². The van der Waals surface area contributed by atoms with Gasteiger partial charge in [-0.15, -0.1) is 10.2 Å². The summed E-state index contributed by atoms with van der Waals surface area (Å²) in [6.45, 7) is 2.80. The normalized spacial score (nSPS) is 11.2. The molecule has 29 heavy (non-hydrogen) atoms. The van der Waals surface area contributed by atoms with Gasteiger partial charge in [0.15, 0.2) is 5.65 Å². The number of aromatic nitrogens is 8. The van der Waals surface area contributed by atoms with Crippen LogP contribution in [0, 0.1) is 0 Å². The molecule has 5 rings (SSSR count). The maximum Gasteiger partial charge on any atom is 0.221 e. The number of hydrogen-bond acceptors (Lipinski definition) is 6. The van der Waals surface area contributed by atoms with Crippen molar-refractivity contribution in [2.75, 3.05) is 5.32 Å². The van der Waals surface area contributed by atoms with Crippen LogP contribution in [0.1, 0.15) is 18.2 Å². The van der Waals surface area contributed by atoms with Gasteiger partial charge in [-0.2, -0.15) is 5.21 Å². The van der Waals surface area contributed by atoms with E-state index in [-0.39, 0.29) is 0 Å². The zero-order valence-corrected chi connectivity index (χ0v) is 15.8. The number of fused-ring (bicyclic) bond motifs is 1. The molecule has 0 radical (unpaired) electrons. The standard InChI is InChI=1S/C20H19N9/c1-2-15-10-18(29-13-21-12-19(29)23-15)22-11-14-5-7-16(8-6-14)28-9-3-4-17(28)20-24-26-27-25-20/h3-10,12-13,22H,2,11H2,1H3,(H,24,25,26,27). The van der Waals surface area contributed by atoms with Crippen LogP contribution in [0.25, 0.3) is 22.9 Å². The molecule has 0 amide bonds. The van der Waals surface area contributed by atoms with Crippen LogP contribution in [-0.2, 0) is 13.0 Å². The number of benzene rings is 1. The Bertz CT molecular complexity index is 1230. The summed E-state index contributed by atoms with van der Waals surface area (Å²) in [6, 6.07) is 14.4. The third-order valence-electron chi connectivity index (χ3n) is 4.81. The molecule has 4 heterocycles. The first-order chi connectivity index (χ1) is 14.3. The summed E-state index contributed by atoms with van der Waals surface area (Å²) >= 11 is 0. The van der Waals surface area contributed by atoms with Gasteiger partial charge in [-0.25, -0.2) is 9.97 Å². The Balaban J connectivity index is 1.36. The van der Waals surface area contributed by atoms with E-state index in [0.717, 1.165) is 35.0 Å². The fraction of sp³-hybridized carbons (Fsp3) is 0.150. The molecule has 0 fully saturated rings. The molecule has 9 heteroatoms. The van der Waals surface area contributed by atoms with Gasteiger partial charge in [0.1, 0.15) is 12.1 Å². The van der Waals surface area contributed by atoms with Crippen LogP contribution in [0.3, 0.4) is 0 Å². The van der Waals surface area contributed by atoms with Gasteiger partial charge in [0.25, 0.3) is 0 Å². The summed E-state index contributed by atoms with van der Waals surface area (Å²) < 4.78 is 4.00. The van der Waals surface area contributed by atoms with Crippen molar-refractivity contribution >= 4 is 11.5 Å². The highest BCUT2D eigenvalue weighted by Crippen LogP contribution is 2.21. The maximum absolute atomic E-state index is 4.58. The van der Waals surface area contributed by atoms with Gasteiger partial charge in [-0.3, -0.25) is 4.40 Å². The molecule has 9 nitrogen and oxygen atoms in total. The number of rotatable bonds is 6. The molecular weight excluding hydrogens is 366 g/mol. The van der Waals surface area contributed by atoms with Crippen LogP contribution in [0.4, 0.5) is 5.82 Å². The van der Waals surface area contributed by atoms with E-state index in [4.69, 9.17) is 0 Å². The second-order valence-electron chi connectivity index (χ2n) is 6.63. The lowest BCUT2D eigenvalue weighted by molar-refractivity contribution is 0.881. The molecule has 0 bridgehead atoms. The van der Waals surface area contributed by atoms with E-state index in [9.17, 15) is 0 Å². The Kier molecular flexibility index (Phi) is 4.24. The predicted octanol–water partition coefficient (Wildman–Crippen LogP) is 2.87. The van der Waals surface area contributed by atoms with Gasteiger partial charge in [0, 0.05) is 30.2 Å². The van der Waals surface area contributed by atoms with Gasteiger partial charge in [0.05, 0.1) is 11.9 Å².